The second-order valence-electron chi connectivity index (χ2n) is 31.7. The van der Waals surface area contributed by atoms with Crippen LogP contribution in [0.1, 0.15) is 380 Å². The van der Waals surface area contributed by atoms with Crippen LogP contribution >= 0.6 is 15.6 Å². The van der Waals surface area contributed by atoms with E-state index >= 15 is 0 Å². The van der Waals surface area contributed by atoms with Gasteiger partial charge in [-0.3, -0.25) is 32.5 Å². The minimum absolute atomic E-state index is 0.0250. The smallest absolute Gasteiger partial charge is 0.463 e. The van der Waals surface area contributed by atoms with Crippen LogP contribution in [0.2, 0.25) is 0 Å². The molecule has 0 saturated carbocycles. The van der Waals surface area contributed by atoms with E-state index < -0.39 is 91.5 Å². The Balaban J connectivity index is 4.54. The van der Waals surface area contributed by atoms with E-state index in [4.69, 9.17) is 32.3 Å². The van der Waals surface area contributed by atoms with Gasteiger partial charge in [-0.15, -0.1) is 0 Å². The number of rotatable bonds is 90. The molecule has 0 radical (unpaired) electrons. The van der Waals surface area contributed by atoms with Crippen molar-refractivity contribution in [2.24, 2.45) is 0 Å². The standard InChI is InChI=1S/C105H174O16P2/c1-4-7-10-13-16-19-22-25-28-31-34-36-38-40-42-44-46-48-49-51-53-54-56-58-60-62-65-67-70-73-76-79-82-85-88-91-103(108)115-94-100(106)95-117-122(111,112)118-96-101(107)97-119-123(113,114)120-99-102(121-105(110)93-90-87-84-81-78-75-72-69-64-33-30-27-24-21-18-15-12-9-6-3)98-116-104(109)92-89-86-83-80-77-74-71-68-66-63-61-59-57-55-52-50-47-45-43-41-39-37-35-32-29-26-23-20-17-14-11-8-5-2/h7-12,16-21,25-30,34-37,40-43,46,48,64,69,75,78,84,87,100-102,106-107H,4-6,13-15,22-24,31-33,38-39,44-45,47,49-63,65-68,70-74,76-77,79-83,85-86,88-99H2,1-3H3,(H,111,112)(H,113,114)/b10-7-,11-8-,12-9-,19-16-,20-17-,21-18-,28-25-,29-26-,30-27-,36-34-,37-35-,42-40-,43-41-,48-46-,69-64-,78-75-,87-84-. The van der Waals surface area contributed by atoms with Gasteiger partial charge in [-0.2, -0.15) is 0 Å². The number of phosphoric ester groups is 2. The first-order chi connectivity index (χ1) is 60.2. The maximum atomic E-state index is 13.0. The third kappa shape index (κ3) is 96.6. The van der Waals surface area contributed by atoms with Gasteiger partial charge in [0.25, 0.3) is 0 Å². The van der Waals surface area contributed by atoms with Crippen LogP contribution in [0, 0.1) is 0 Å². The largest absolute Gasteiger partial charge is 0.472 e. The number of hydrogen-bond donors (Lipinski definition) is 4. The van der Waals surface area contributed by atoms with E-state index in [9.17, 15) is 43.5 Å². The summed E-state index contributed by atoms with van der Waals surface area (Å²) in [5.41, 5.74) is 0. The number of hydrogen-bond acceptors (Lipinski definition) is 14. The van der Waals surface area contributed by atoms with Crippen molar-refractivity contribution in [3.63, 3.8) is 0 Å². The van der Waals surface area contributed by atoms with Gasteiger partial charge in [-0.1, -0.05) is 414 Å². The minimum Gasteiger partial charge on any atom is -0.463 e. The van der Waals surface area contributed by atoms with Gasteiger partial charge in [0, 0.05) is 19.3 Å². The molecule has 0 heterocycles. The summed E-state index contributed by atoms with van der Waals surface area (Å²) in [7, 11) is -9.84. The Morgan fingerprint density at radius 2 is 0.423 bits per heavy atom. The first-order valence-corrected chi connectivity index (χ1v) is 51.4. The fraction of sp³-hybridized carbons (Fsp3) is 0.648. The first-order valence-electron chi connectivity index (χ1n) is 48.4. The fourth-order valence-corrected chi connectivity index (χ4v) is 14.4. The van der Waals surface area contributed by atoms with Crippen molar-refractivity contribution < 1.29 is 75.8 Å². The molecule has 700 valence electrons. The summed E-state index contributed by atoms with van der Waals surface area (Å²) in [5.74, 6) is -1.67. The SMILES string of the molecule is CC/C=C\C/C=C\C/C=C\C/C=C\C/C=C\C/C=C\CCCCCCCCCCCCCCCCCCC(=O)OCC(O)COP(=O)(O)OCC(O)COP(=O)(O)OCC(COC(=O)CCCCCCCCCCCCCCCCCCC/C=C\C/C=C\C/C=C\C/C=C\C/C=C\CC)OC(=O)CC/C=C\C/C=C\C/C=C\C/C=C\C/C=C\C/C=C\CC. The molecule has 0 aliphatic carbocycles. The van der Waals surface area contributed by atoms with Crippen LogP contribution in [0.15, 0.2) is 207 Å². The molecule has 0 aliphatic heterocycles. The van der Waals surface area contributed by atoms with Crippen molar-refractivity contribution in [2.45, 2.75) is 399 Å². The van der Waals surface area contributed by atoms with Gasteiger partial charge in [0.05, 0.1) is 26.4 Å². The van der Waals surface area contributed by atoms with Gasteiger partial charge in [-0.25, -0.2) is 9.13 Å². The molecule has 16 nitrogen and oxygen atoms in total. The van der Waals surface area contributed by atoms with Crippen LogP contribution in [-0.4, -0.2) is 95.9 Å². The van der Waals surface area contributed by atoms with E-state index in [1.807, 2.05) is 18.2 Å². The van der Waals surface area contributed by atoms with Crippen LogP contribution in [0.25, 0.3) is 0 Å². The Hall–Kier alpha value is -5.87. The lowest BCUT2D eigenvalue weighted by molar-refractivity contribution is -0.161. The molecule has 0 fully saturated rings. The number of aliphatic hydroxyl groups excluding tert-OH is 2. The van der Waals surface area contributed by atoms with Crippen LogP contribution in [-0.2, 0) is 55.8 Å². The van der Waals surface area contributed by atoms with E-state index in [0.717, 1.165) is 148 Å². The van der Waals surface area contributed by atoms with E-state index in [-0.39, 0.29) is 19.3 Å². The van der Waals surface area contributed by atoms with E-state index in [2.05, 4.69) is 209 Å². The number of aliphatic hydroxyl groups is 2. The van der Waals surface area contributed by atoms with Crippen molar-refractivity contribution in [3.8, 4) is 0 Å². The number of esters is 3. The maximum Gasteiger partial charge on any atom is 0.472 e. The monoisotopic (exact) mass is 1750 g/mol. The maximum absolute atomic E-state index is 13.0. The summed E-state index contributed by atoms with van der Waals surface area (Å²) in [4.78, 5) is 59.0. The van der Waals surface area contributed by atoms with E-state index in [1.165, 1.54) is 167 Å². The van der Waals surface area contributed by atoms with Crippen molar-refractivity contribution in [1.29, 1.82) is 0 Å². The summed E-state index contributed by atoms with van der Waals surface area (Å²) in [5, 5.41) is 20.7. The number of unbranched alkanes of at least 4 members (excludes halogenated alkanes) is 33. The average Bonchev–Trinajstić information content (AvgIpc) is 0.899. The van der Waals surface area contributed by atoms with Crippen LogP contribution in [0.4, 0.5) is 0 Å². The molecule has 5 atom stereocenters. The lowest BCUT2D eigenvalue weighted by Gasteiger charge is -2.21. The van der Waals surface area contributed by atoms with Crippen LogP contribution < -0.4 is 0 Å². The zero-order valence-electron chi connectivity index (χ0n) is 77.3. The third-order valence-corrected chi connectivity index (χ3v) is 21.9. The summed E-state index contributed by atoms with van der Waals surface area (Å²) in [6.07, 6.45) is 129. The molecular formula is C105H174O16P2. The lowest BCUT2D eigenvalue weighted by atomic mass is 10.0. The van der Waals surface area contributed by atoms with E-state index in [0.29, 0.717) is 25.7 Å². The molecule has 0 aromatic carbocycles. The first kappa shape index (κ1) is 117. The Bertz CT molecular complexity index is 3070. The Labute approximate surface area is 750 Å². The molecule has 0 rings (SSSR count). The minimum atomic E-state index is -4.97. The van der Waals surface area contributed by atoms with Gasteiger partial charge < -0.3 is 34.2 Å². The molecule has 123 heavy (non-hydrogen) atoms. The summed E-state index contributed by atoms with van der Waals surface area (Å²) in [6.45, 7) is 2.28. The molecule has 5 unspecified atom stereocenters. The topological polar surface area (TPSA) is 231 Å². The van der Waals surface area contributed by atoms with Gasteiger partial charge in [0.2, 0.25) is 0 Å². The second kappa shape index (κ2) is 95.2. The average molecular weight is 1750 g/mol. The van der Waals surface area contributed by atoms with Crippen molar-refractivity contribution in [3.05, 3.63) is 207 Å². The second-order valence-corrected chi connectivity index (χ2v) is 34.6. The van der Waals surface area contributed by atoms with E-state index in [1.54, 1.807) is 0 Å². The molecule has 18 heteroatoms. The quantitative estimate of drug-likeness (QED) is 0.0146. The molecule has 0 spiro atoms. The highest BCUT2D eigenvalue weighted by atomic mass is 31.2. The Morgan fingerprint density at radius 1 is 0.228 bits per heavy atom. The van der Waals surface area contributed by atoms with Gasteiger partial charge in [-0.05, 0) is 154 Å². The molecule has 0 aliphatic rings. The number of allylic oxidation sites excluding steroid dienone is 34. The van der Waals surface area contributed by atoms with Crippen LogP contribution in [0.3, 0.4) is 0 Å². The lowest BCUT2D eigenvalue weighted by Crippen LogP contribution is -2.29. The number of phosphoric acid groups is 2. The van der Waals surface area contributed by atoms with Crippen molar-refractivity contribution in [1.82, 2.24) is 0 Å². The highest BCUT2D eigenvalue weighted by Crippen LogP contribution is 2.45. The Morgan fingerprint density at radius 3 is 0.675 bits per heavy atom. The molecule has 4 N–H and O–H groups in total. The predicted molar refractivity (Wildman–Crippen MR) is 518 cm³/mol. The predicted octanol–water partition coefficient (Wildman–Crippen LogP) is 30.3. The zero-order chi connectivity index (χ0) is 89.3. The van der Waals surface area contributed by atoms with Crippen LogP contribution in [0.5, 0.6) is 0 Å². The Kier molecular flexibility index (Phi) is 90.7. The summed E-state index contributed by atoms with van der Waals surface area (Å²) >= 11 is 0. The summed E-state index contributed by atoms with van der Waals surface area (Å²) in [6, 6.07) is 0. The number of carbonyl (C=O) groups excluding carboxylic acids is 3. The molecule has 0 amide bonds. The molecule has 0 aromatic heterocycles. The van der Waals surface area contributed by atoms with Crippen molar-refractivity contribution >= 4 is 33.6 Å². The fourth-order valence-electron chi connectivity index (χ4n) is 12.8. The van der Waals surface area contributed by atoms with Gasteiger partial charge in [0.1, 0.15) is 25.4 Å². The normalized spacial score (nSPS) is 14.6. The molecular weight excluding hydrogens is 1580 g/mol. The number of carbonyl (C=O) groups is 3. The highest BCUT2D eigenvalue weighted by Gasteiger charge is 2.29. The molecule has 0 aromatic rings. The third-order valence-electron chi connectivity index (χ3n) is 20.0. The zero-order valence-corrected chi connectivity index (χ0v) is 79.1. The number of ether oxygens (including phenoxy) is 3. The summed E-state index contributed by atoms with van der Waals surface area (Å²) < 4.78 is 61.4. The van der Waals surface area contributed by atoms with Gasteiger partial charge >= 0.3 is 33.6 Å². The van der Waals surface area contributed by atoms with Gasteiger partial charge in [0.15, 0.2) is 6.10 Å². The molecule has 0 bridgehead atoms. The highest BCUT2D eigenvalue weighted by molar-refractivity contribution is 7.47. The molecule has 0 saturated heterocycles. The van der Waals surface area contributed by atoms with Crippen molar-refractivity contribution in [2.75, 3.05) is 39.6 Å².